The average Bonchev–Trinajstić information content (AvgIpc) is 3.03. The van der Waals surface area contributed by atoms with Crippen LogP contribution in [0.5, 0.6) is 5.75 Å². The average molecular weight is 343 g/mol. The van der Waals surface area contributed by atoms with E-state index in [2.05, 4.69) is 70.3 Å². The van der Waals surface area contributed by atoms with Crippen LogP contribution in [0.2, 0.25) is 0 Å². The quantitative estimate of drug-likeness (QED) is 0.793. The number of hydrogen-bond acceptors (Lipinski definition) is 5. The topological polar surface area (TPSA) is 55.2 Å². The monoisotopic (exact) mass is 343 g/mol. The molecule has 0 amide bonds. The summed E-state index contributed by atoms with van der Waals surface area (Å²) in [5.41, 5.74) is 1.28. The summed E-state index contributed by atoms with van der Waals surface area (Å²) in [7, 11) is 4.10. The molecule has 1 aliphatic rings. The van der Waals surface area contributed by atoms with Gasteiger partial charge in [0.15, 0.2) is 5.82 Å². The summed E-state index contributed by atoms with van der Waals surface area (Å²) in [6, 6.07) is 8.83. The summed E-state index contributed by atoms with van der Waals surface area (Å²) in [5, 5.41) is 8.22. The van der Waals surface area contributed by atoms with Crippen molar-refractivity contribution in [2.75, 3.05) is 27.2 Å². The summed E-state index contributed by atoms with van der Waals surface area (Å²) < 4.78 is 7.81. The molecule has 0 unspecified atom stereocenters. The van der Waals surface area contributed by atoms with Gasteiger partial charge in [-0.05, 0) is 38.2 Å². The van der Waals surface area contributed by atoms with E-state index >= 15 is 0 Å². The van der Waals surface area contributed by atoms with Crippen LogP contribution in [0.1, 0.15) is 30.6 Å². The van der Waals surface area contributed by atoms with Gasteiger partial charge in [-0.3, -0.25) is 0 Å². The van der Waals surface area contributed by atoms with Crippen molar-refractivity contribution in [1.82, 2.24) is 25.0 Å². The zero-order valence-corrected chi connectivity index (χ0v) is 15.5. The van der Waals surface area contributed by atoms with Crippen molar-refractivity contribution < 1.29 is 4.74 Å². The molecule has 0 saturated heterocycles. The van der Waals surface area contributed by atoms with Crippen LogP contribution in [0.3, 0.4) is 0 Å². The van der Waals surface area contributed by atoms with E-state index in [1.165, 1.54) is 5.56 Å². The van der Waals surface area contributed by atoms with Crippen molar-refractivity contribution in [2.24, 2.45) is 0 Å². The van der Waals surface area contributed by atoms with Crippen molar-refractivity contribution in [3.05, 3.63) is 41.5 Å². The molecule has 0 bridgehead atoms. The van der Waals surface area contributed by atoms with Gasteiger partial charge in [-0.25, -0.2) is 9.67 Å². The first-order chi connectivity index (χ1) is 12.1. The molecule has 136 valence electrons. The second kappa shape index (κ2) is 8.45. The fourth-order valence-corrected chi connectivity index (χ4v) is 2.99. The molecule has 1 atom stereocenters. The summed E-state index contributed by atoms with van der Waals surface area (Å²) >= 11 is 0. The number of nitrogens with one attached hydrogen (secondary N) is 1. The van der Waals surface area contributed by atoms with Crippen LogP contribution in [-0.4, -0.2) is 53.0 Å². The molecule has 1 aromatic heterocycles. The first-order valence-corrected chi connectivity index (χ1v) is 9.16. The third kappa shape index (κ3) is 5.03. The molecule has 0 fully saturated rings. The van der Waals surface area contributed by atoms with E-state index in [0.29, 0.717) is 12.6 Å². The van der Waals surface area contributed by atoms with Crippen molar-refractivity contribution in [3.63, 3.8) is 0 Å². The highest BCUT2D eigenvalue weighted by Gasteiger charge is 2.20. The molecule has 0 spiro atoms. The molecular weight excluding hydrogens is 314 g/mol. The van der Waals surface area contributed by atoms with Gasteiger partial charge in [-0.1, -0.05) is 19.1 Å². The Kier molecular flexibility index (Phi) is 6.04. The SMILES string of the molecule is CCc1nc2n(n1)C[C@@H](NCc1ccc(OCCN(C)C)cc1)CC2. The molecule has 1 aromatic carbocycles. The molecule has 2 heterocycles. The Labute approximate surface area is 150 Å². The molecule has 0 aliphatic carbocycles. The lowest BCUT2D eigenvalue weighted by Crippen LogP contribution is -2.37. The molecule has 0 saturated carbocycles. The van der Waals surface area contributed by atoms with Gasteiger partial charge in [0.1, 0.15) is 18.2 Å². The predicted molar refractivity (Wildman–Crippen MR) is 98.8 cm³/mol. The molecule has 6 heteroatoms. The number of rotatable bonds is 8. The van der Waals surface area contributed by atoms with Crippen LogP contribution >= 0.6 is 0 Å². The van der Waals surface area contributed by atoms with Gasteiger partial charge in [0.25, 0.3) is 0 Å². The number of likely N-dealkylation sites (N-methyl/N-ethyl adjacent to an activating group) is 1. The number of hydrogen-bond donors (Lipinski definition) is 1. The Morgan fingerprint density at radius 3 is 2.80 bits per heavy atom. The Bertz CT molecular complexity index is 665. The van der Waals surface area contributed by atoms with Crippen molar-refractivity contribution in [1.29, 1.82) is 0 Å². The Morgan fingerprint density at radius 1 is 1.28 bits per heavy atom. The summed E-state index contributed by atoms with van der Waals surface area (Å²) in [6.45, 7) is 5.52. The largest absolute Gasteiger partial charge is 0.492 e. The van der Waals surface area contributed by atoms with Gasteiger partial charge in [-0.2, -0.15) is 5.10 Å². The zero-order chi connectivity index (χ0) is 17.6. The maximum Gasteiger partial charge on any atom is 0.150 e. The second-order valence-corrected chi connectivity index (χ2v) is 6.89. The van der Waals surface area contributed by atoms with E-state index in [1.807, 2.05) is 0 Å². The smallest absolute Gasteiger partial charge is 0.150 e. The highest BCUT2D eigenvalue weighted by atomic mass is 16.5. The number of ether oxygens (including phenoxy) is 1. The van der Waals surface area contributed by atoms with E-state index < -0.39 is 0 Å². The number of benzene rings is 1. The van der Waals surface area contributed by atoms with Gasteiger partial charge in [0, 0.05) is 32.0 Å². The third-order valence-corrected chi connectivity index (χ3v) is 4.54. The first-order valence-electron chi connectivity index (χ1n) is 9.16. The molecule has 3 rings (SSSR count). The molecular formula is C19H29N5O. The molecule has 6 nitrogen and oxygen atoms in total. The van der Waals surface area contributed by atoms with Crippen LogP contribution in [0, 0.1) is 0 Å². The maximum atomic E-state index is 5.74. The number of fused-ring (bicyclic) bond motifs is 1. The molecule has 1 aliphatic heterocycles. The lowest BCUT2D eigenvalue weighted by Gasteiger charge is -2.23. The van der Waals surface area contributed by atoms with Crippen LogP contribution in [0.25, 0.3) is 0 Å². The first kappa shape index (κ1) is 17.9. The molecule has 0 radical (unpaired) electrons. The predicted octanol–water partition coefficient (Wildman–Crippen LogP) is 1.89. The fraction of sp³-hybridized carbons (Fsp3) is 0.579. The third-order valence-electron chi connectivity index (χ3n) is 4.54. The van der Waals surface area contributed by atoms with Gasteiger partial charge in [0.2, 0.25) is 0 Å². The van der Waals surface area contributed by atoms with Crippen LogP contribution in [0.15, 0.2) is 24.3 Å². The van der Waals surface area contributed by atoms with Crippen molar-refractivity contribution in [3.8, 4) is 5.75 Å². The fourth-order valence-electron chi connectivity index (χ4n) is 2.99. The Hall–Kier alpha value is -1.92. The Morgan fingerprint density at radius 2 is 2.08 bits per heavy atom. The Balaban J connectivity index is 1.45. The van der Waals surface area contributed by atoms with Crippen molar-refractivity contribution >= 4 is 0 Å². The number of nitrogens with zero attached hydrogens (tertiary/aromatic N) is 4. The molecule has 25 heavy (non-hydrogen) atoms. The maximum absolute atomic E-state index is 5.74. The van der Waals surface area contributed by atoms with Crippen molar-refractivity contribution in [2.45, 2.75) is 45.3 Å². The van der Waals surface area contributed by atoms with Gasteiger partial charge < -0.3 is 15.0 Å². The molecule has 2 aromatic rings. The standard InChI is InChI=1S/C19H29N5O/c1-4-18-21-19-10-7-16(14-24(19)22-18)20-13-15-5-8-17(9-6-15)25-12-11-23(2)3/h5-6,8-9,16,20H,4,7,10-14H2,1-3H3/t16-/m0/s1. The van der Waals surface area contributed by atoms with E-state index in [4.69, 9.17) is 4.74 Å². The normalized spacial score (nSPS) is 16.9. The van der Waals surface area contributed by atoms with Gasteiger partial charge in [0.05, 0.1) is 6.54 Å². The summed E-state index contributed by atoms with van der Waals surface area (Å²) in [5.74, 6) is 3.03. The van der Waals surface area contributed by atoms with E-state index in [-0.39, 0.29) is 0 Å². The van der Waals surface area contributed by atoms with E-state index in [0.717, 1.165) is 56.3 Å². The van der Waals surface area contributed by atoms with Crippen LogP contribution in [-0.2, 0) is 25.9 Å². The minimum absolute atomic E-state index is 0.454. The van der Waals surface area contributed by atoms with Gasteiger partial charge >= 0.3 is 0 Å². The minimum atomic E-state index is 0.454. The highest BCUT2D eigenvalue weighted by molar-refractivity contribution is 5.27. The lowest BCUT2D eigenvalue weighted by molar-refractivity contribution is 0.261. The zero-order valence-electron chi connectivity index (χ0n) is 15.5. The summed E-state index contributed by atoms with van der Waals surface area (Å²) in [4.78, 5) is 6.69. The van der Waals surface area contributed by atoms with E-state index in [1.54, 1.807) is 0 Å². The molecule has 1 N–H and O–H groups in total. The second-order valence-electron chi connectivity index (χ2n) is 6.89. The lowest BCUT2D eigenvalue weighted by atomic mass is 10.1. The number of aromatic nitrogens is 3. The van der Waals surface area contributed by atoms with E-state index in [9.17, 15) is 0 Å². The summed E-state index contributed by atoms with van der Waals surface area (Å²) in [6.07, 6.45) is 3.03. The minimum Gasteiger partial charge on any atom is -0.492 e. The number of aryl methyl sites for hydroxylation is 2. The highest BCUT2D eigenvalue weighted by Crippen LogP contribution is 2.15. The van der Waals surface area contributed by atoms with Crippen LogP contribution in [0.4, 0.5) is 0 Å². The van der Waals surface area contributed by atoms with Crippen LogP contribution < -0.4 is 10.1 Å². The van der Waals surface area contributed by atoms with Gasteiger partial charge in [-0.15, -0.1) is 0 Å².